The van der Waals surface area contributed by atoms with Crippen molar-refractivity contribution in [1.29, 1.82) is 0 Å². The number of nitrogens with zero attached hydrogens (tertiary/aromatic N) is 3. The van der Waals surface area contributed by atoms with Crippen LogP contribution in [-0.2, 0) is 0 Å². The predicted molar refractivity (Wildman–Crippen MR) is 143 cm³/mol. The van der Waals surface area contributed by atoms with Gasteiger partial charge in [-0.05, 0) is 62.3 Å². The minimum absolute atomic E-state index is 0.0147. The highest BCUT2D eigenvalue weighted by Gasteiger charge is 2.28. The fourth-order valence-electron chi connectivity index (χ4n) is 5.48. The van der Waals surface area contributed by atoms with Crippen LogP contribution in [0.3, 0.4) is 0 Å². The van der Waals surface area contributed by atoms with Crippen molar-refractivity contribution in [3.63, 3.8) is 0 Å². The first-order valence-electron chi connectivity index (χ1n) is 13.3. The van der Waals surface area contributed by atoms with Gasteiger partial charge in [-0.1, -0.05) is 42.7 Å². The van der Waals surface area contributed by atoms with Crippen LogP contribution in [-0.4, -0.2) is 39.4 Å². The highest BCUT2D eigenvalue weighted by molar-refractivity contribution is 5.99. The third-order valence-corrected chi connectivity index (χ3v) is 7.64. The van der Waals surface area contributed by atoms with Gasteiger partial charge in [0, 0.05) is 43.9 Å². The predicted octanol–water partition coefficient (Wildman–Crippen LogP) is 4.81. The molecule has 7 heteroatoms. The van der Waals surface area contributed by atoms with E-state index >= 15 is 0 Å². The van der Waals surface area contributed by atoms with E-state index in [1.807, 2.05) is 47.9 Å². The number of piperidine rings is 1. The van der Waals surface area contributed by atoms with Crippen LogP contribution in [0.4, 0.5) is 0 Å². The van der Waals surface area contributed by atoms with Crippen molar-refractivity contribution >= 4 is 11.8 Å². The molecule has 2 aliphatic rings. The van der Waals surface area contributed by atoms with Crippen LogP contribution in [0.15, 0.2) is 66.0 Å². The van der Waals surface area contributed by atoms with Crippen molar-refractivity contribution in [1.82, 2.24) is 19.8 Å². The van der Waals surface area contributed by atoms with Crippen molar-refractivity contribution in [3.8, 4) is 0 Å². The number of pyridine rings is 2. The highest BCUT2D eigenvalue weighted by atomic mass is 16.2. The third kappa shape index (κ3) is 5.50. The lowest BCUT2D eigenvalue weighted by Crippen LogP contribution is -2.40. The standard InChI is InChI=1S/C30H34N4O3/c1-21-9-11-22(12-10-21)27(23-13-15-31-16-14-23)32-29(36)25-19-34(24-7-3-4-8-24)20-26(28(25)35)30(37)33-17-5-2-6-18-33/h9-16,19-20,24,27H,2-8,17-18H2,1H3,(H,32,36). The third-order valence-electron chi connectivity index (χ3n) is 7.64. The molecule has 3 heterocycles. The van der Waals surface area contributed by atoms with E-state index in [1.165, 1.54) is 0 Å². The van der Waals surface area contributed by atoms with Crippen LogP contribution in [0, 0.1) is 6.92 Å². The maximum atomic E-state index is 13.7. The van der Waals surface area contributed by atoms with Crippen LogP contribution in [0.2, 0.25) is 0 Å². The molecule has 1 aromatic carbocycles. The number of rotatable bonds is 6. The van der Waals surface area contributed by atoms with Gasteiger partial charge in [0.05, 0.1) is 6.04 Å². The molecule has 1 atom stereocenters. The molecule has 2 aromatic heterocycles. The average Bonchev–Trinajstić information content (AvgIpc) is 3.48. The fraction of sp³-hybridized carbons (Fsp3) is 0.400. The second-order valence-electron chi connectivity index (χ2n) is 10.3. The second-order valence-corrected chi connectivity index (χ2v) is 10.3. The van der Waals surface area contributed by atoms with Crippen LogP contribution in [0.25, 0.3) is 0 Å². The SMILES string of the molecule is Cc1ccc(C(NC(=O)c2cn(C3CCCC3)cc(C(=O)N3CCCCC3)c2=O)c2ccncc2)cc1. The summed E-state index contributed by atoms with van der Waals surface area (Å²) in [7, 11) is 0. The van der Waals surface area contributed by atoms with E-state index in [2.05, 4.69) is 10.3 Å². The van der Waals surface area contributed by atoms with Gasteiger partial charge in [0.25, 0.3) is 11.8 Å². The smallest absolute Gasteiger partial charge is 0.259 e. The number of carbonyl (C=O) groups is 2. The first-order valence-corrected chi connectivity index (χ1v) is 13.3. The molecule has 2 fully saturated rings. The summed E-state index contributed by atoms with van der Waals surface area (Å²) >= 11 is 0. The molecular weight excluding hydrogens is 464 g/mol. The number of carbonyl (C=O) groups excluding carboxylic acids is 2. The Morgan fingerprint density at radius 1 is 0.865 bits per heavy atom. The topological polar surface area (TPSA) is 84.3 Å². The molecule has 2 amide bonds. The zero-order chi connectivity index (χ0) is 25.8. The molecule has 0 spiro atoms. The Labute approximate surface area is 217 Å². The van der Waals surface area contributed by atoms with E-state index in [1.54, 1.807) is 29.7 Å². The Kier molecular flexibility index (Phi) is 7.49. The molecule has 192 valence electrons. The number of hydrogen-bond acceptors (Lipinski definition) is 4. The van der Waals surface area contributed by atoms with Crippen LogP contribution >= 0.6 is 0 Å². The number of aromatic nitrogens is 2. The van der Waals surface area contributed by atoms with Gasteiger partial charge in [-0.15, -0.1) is 0 Å². The van der Waals surface area contributed by atoms with Gasteiger partial charge in [-0.25, -0.2) is 0 Å². The Balaban J connectivity index is 1.53. The van der Waals surface area contributed by atoms with Crippen molar-refractivity contribution in [2.24, 2.45) is 0 Å². The normalized spacial score (nSPS) is 16.9. The first-order chi connectivity index (χ1) is 18.0. The molecule has 37 heavy (non-hydrogen) atoms. The molecule has 0 radical (unpaired) electrons. The van der Waals surface area contributed by atoms with E-state index < -0.39 is 17.4 Å². The number of amides is 2. The van der Waals surface area contributed by atoms with E-state index in [4.69, 9.17) is 0 Å². The maximum absolute atomic E-state index is 13.7. The summed E-state index contributed by atoms with van der Waals surface area (Å²) in [4.78, 5) is 46.7. The lowest BCUT2D eigenvalue weighted by Gasteiger charge is -2.27. The summed E-state index contributed by atoms with van der Waals surface area (Å²) < 4.78 is 1.94. The zero-order valence-corrected chi connectivity index (χ0v) is 21.4. The molecule has 1 unspecified atom stereocenters. The average molecular weight is 499 g/mol. The minimum Gasteiger partial charge on any atom is -0.349 e. The summed E-state index contributed by atoms with van der Waals surface area (Å²) in [6.45, 7) is 3.31. The Morgan fingerprint density at radius 3 is 2.16 bits per heavy atom. The molecule has 1 saturated carbocycles. The first kappa shape index (κ1) is 24.9. The van der Waals surface area contributed by atoms with Gasteiger partial charge >= 0.3 is 0 Å². The number of aryl methyl sites for hydroxylation is 1. The van der Waals surface area contributed by atoms with E-state index in [0.29, 0.717) is 13.1 Å². The second kappa shape index (κ2) is 11.1. The summed E-state index contributed by atoms with van der Waals surface area (Å²) in [5.74, 6) is -0.747. The molecule has 1 saturated heterocycles. The molecular formula is C30H34N4O3. The van der Waals surface area contributed by atoms with Crippen molar-refractivity contribution in [2.45, 2.75) is 64.0 Å². The largest absolute Gasteiger partial charge is 0.349 e. The van der Waals surface area contributed by atoms with E-state index in [-0.39, 0.29) is 23.1 Å². The van der Waals surface area contributed by atoms with Gasteiger partial charge in [0.2, 0.25) is 5.43 Å². The Morgan fingerprint density at radius 2 is 1.49 bits per heavy atom. The Hall–Kier alpha value is -3.74. The number of benzene rings is 1. The summed E-state index contributed by atoms with van der Waals surface area (Å²) in [6.07, 6.45) is 13.8. The van der Waals surface area contributed by atoms with Crippen molar-refractivity contribution < 1.29 is 9.59 Å². The molecule has 0 bridgehead atoms. The van der Waals surface area contributed by atoms with Gasteiger partial charge in [-0.2, -0.15) is 0 Å². The highest BCUT2D eigenvalue weighted by Crippen LogP contribution is 2.30. The van der Waals surface area contributed by atoms with Gasteiger partial charge in [0.1, 0.15) is 11.1 Å². The summed E-state index contributed by atoms with van der Waals surface area (Å²) in [6, 6.07) is 11.4. The van der Waals surface area contributed by atoms with Crippen molar-refractivity contribution in [2.75, 3.05) is 13.1 Å². The molecule has 1 N–H and O–H groups in total. The van der Waals surface area contributed by atoms with Crippen LogP contribution < -0.4 is 10.7 Å². The van der Waals surface area contributed by atoms with Gasteiger partial charge in [0.15, 0.2) is 0 Å². The zero-order valence-electron chi connectivity index (χ0n) is 21.4. The van der Waals surface area contributed by atoms with Crippen LogP contribution in [0.1, 0.15) is 94.4 Å². The molecule has 1 aliphatic heterocycles. The van der Waals surface area contributed by atoms with E-state index in [9.17, 15) is 14.4 Å². The fourth-order valence-corrected chi connectivity index (χ4v) is 5.48. The number of nitrogens with one attached hydrogen (secondary N) is 1. The van der Waals surface area contributed by atoms with Crippen molar-refractivity contribution in [3.05, 3.63) is 99.2 Å². The monoisotopic (exact) mass is 498 g/mol. The summed E-state index contributed by atoms with van der Waals surface area (Å²) in [5, 5.41) is 3.08. The van der Waals surface area contributed by atoms with Gasteiger partial charge < -0.3 is 14.8 Å². The molecule has 3 aromatic rings. The number of likely N-dealkylation sites (tertiary alicyclic amines) is 1. The van der Waals surface area contributed by atoms with Crippen LogP contribution in [0.5, 0.6) is 0 Å². The quantitative estimate of drug-likeness (QED) is 0.529. The lowest BCUT2D eigenvalue weighted by atomic mass is 9.98. The minimum atomic E-state index is -0.500. The Bertz CT molecular complexity index is 1300. The maximum Gasteiger partial charge on any atom is 0.259 e. The number of hydrogen-bond donors (Lipinski definition) is 1. The summed E-state index contributed by atoms with van der Waals surface area (Å²) in [5.41, 5.74) is 2.50. The lowest BCUT2D eigenvalue weighted by molar-refractivity contribution is 0.0722. The van der Waals surface area contributed by atoms with Gasteiger partial charge in [-0.3, -0.25) is 19.4 Å². The molecule has 7 nitrogen and oxygen atoms in total. The molecule has 5 rings (SSSR count). The van der Waals surface area contributed by atoms with E-state index in [0.717, 1.165) is 61.6 Å². The molecule has 1 aliphatic carbocycles.